The van der Waals surface area contributed by atoms with Crippen molar-refractivity contribution in [2.75, 3.05) is 7.11 Å². The first-order valence-electron chi connectivity index (χ1n) is 9.78. The Balaban J connectivity index is 1.69. The van der Waals surface area contributed by atoms with Crippen molar-refractivity contribution in [1.82, 2.24) is 15.2 Å². The smallest absolute Gasteiger partial charge is 0.256 e. The molecule has 142 valence electrons. The molecule has 26 heavy (non-hydrogen) atoms. The number of rotatable bonds is 8. The van der Waals surface area contributed by atoms with Crippen molar-refractivity contribution in [3.8, 4) is 5.88 Å². The van der Waals surface area contributed by atoms with Gasteiger partial charge in [0.2, 0.25) is 11.8 Å². The highest BCUT2D eigenvalue weighted by Gasteiger charge is 2.35. The summed E-state index contributed by atoms with van der Waals surface area (Å²) in [6, 6.07) is 2.19. The summed E-state index contributed by atoms with van der Waals surface area (Å²) in [5, 5.41) is 2.92. The molecule has 1 aromatic rings. The molecule has 0 spiro atoms. The van der Waals surface area contributed by atoms with Crippen molar-refractivity contribution in [1.29, 1.82) is 0 Å². The molecule has 0 saturated heterocycles. The first-order chi connectivity index (χ1) is 12.6. The average molecular weight is 359 g/mol. The van der Waals surface area contributed by atoms with E-state index in [1.54, 1.807) is 7.11 Å². The zero-order valence-corrected chi connectivity index (χ0v) is 15.8. The van der Waals surface area contributed by atoms with Gasteiger partial charge in [-0.1, -0.05) is 32.6 Å². The van der Waals surface area contributed by atoms with Gasteiger partial charge in [0.25, 0.3) is 5.91 Å². The number of nitrogens with zero attached hydrogens (tertiary/aromatic N) is 2. The summed E-state index contributed by atoms with van der Waals surface area (Å²) in [4.78, 5) is 31.3. The minimum atomic E-state index is 0.0277. The van der Waals surface area contributed by atoms with Crippen molar-refractivity contribution in [3.63, 3.8) is 0 Å². The molecule has 6 heteroatoms. The lowest BCUT2D eigenvalue weighted by molar-refractivity contribution is -0.121. The first-order valence-corrected chi connectivity index (χ1v) is 9.78. The van der Waals surface area contributed by atoms with E-state index in [-0.39, 0.29) is 11.8 Å². The molecule has 0 radical (unpaired) electrons. The normalized spacial score (nSPS) is 16.8. The van der Waals surface area contributed by atoms with Gasteiger partial charge in [-0.25, -0.2) is 4.98 Å². The quantitative estimate of drug-likeness (QED) is 0.724. The van der Waals surface area contributed by atoms with E-state index >= 15 is 0 Å². The molecule has 2 amide bonds. The molecular weight excluding hydrogens is 330 g/mol. The number of methoxy groups -OCH3 is 1. The van der Waals surface area contributed by atoms with E-state index in [9.17, 15) is 9.59 Å². The second kappa shape index (κ2) is 8.52. The van der Waals surface area contributed by atoms with Gasteiger partial charge in [-0.15, -0.1) is 0 Å². The fraction of sp³-hybridized carbons (Fsp3) is 0.650. The molecule has 0 bridgehead atoms. The van der Waals surface area contributed by atoms with Gasteiger partial charge in [0.1, 0.15) is 0 Å². The summed E-state index contributed by atoms with van der Waals surface area (Å²) in [5.41, 5.74) is 2.21. The molecule has 3 rings (SSSR count). The molecule has 1 fully saturated rings. The van der Waals surface area contributed by atoms with Crippen LogP contribution in [0.15, 0.2) is 6.07 Å². The van der Waals surface area contributed by atoms with Gasteiger partial charge in [-0.2, -0.15) is 0 Å². The molecule has 0 atom stereocenters. The van der Waals surface area contributed by atoms with Crippen LogP contribution in [-0.2, 0) is 17.9 Å². The lowest BCUT2D eigenvalue weighted by Gasteiger charge is -2.22. The summed E-state index contributed by atoms with van der Waals surface area (Å²) in [7, 11) is 1.58. The Kier molecular flexibility index (Phi) is 6.12. The van der Waals surface area contributed by atoms with E-state index in [2.05, 4.69) is 17.2 Å². The average Bonchev–Trinajstić information content (AvgIpc) is 3.27. The summed E-state index contributed by atoms with van der Waals surface area (Å²) in [6.07, 6.45) is 8.13. The Morgan fingerprint density at radius 2 is 2.12 bits per heavy atom. The number of carbonyl (C=O) groups excluding carboxylic acids is 2. The number of hydrogen-bond donors (Lipinski definition) is 1. The van der Waals surface area contributed by atoms with E-state index in [0.717, 1.165) is 43.4 Å². The van der Waals surface area contributed by atoms with Crippen molar-refractivity contribution in [3.05, 3.63) is 22.9 Å². The second-order valence-electron chi connectivity index (χ2n) is 7.26. The molecule has 1 aliphatic heterocycles. The maximum atomic E-state index is 12.8. The summed E-state index contributed by atoms with van der Waals surface area (Å²) in [5.74, 6) is 0.594. The van der Waals surface area contributed by atoms with E-state index in [1.165, 1.54) is 12.8 Å². The van der Waals surface area contributed by atoms with E-state index in [4.69, 9.17) is 4.74 Å². The zero-order valence-electron chi connectivity index (χ0n) is 15.8. The predicted octanol–water partition coefficient (Wildman–Crippen LogP) is 3.19. The van der Waals surface area contributed by atoms with Crippen LogP contribution in [0.1, 0.15) is 79.9 Å². The van der Waals surface area contributed by atoms with Crippen LogP contribution in [0.25, 0.3) is 0 Å². The Morgan fingerprint density at radius 3 is 2.81 bits per heavy atom. The summed E-state index contributed by atoms with van der Waals surface area (Å²) in [6.45, 7) is 3.02. The highest BCUT2D eigenvalue weighted by molar-refractivity contribution is 5.98. The Morgan fingerprint density at radius 1 is 1.35 bits per heavy atom. The van der Waals surface area contributed by atoms with Gasteiger partial charge in [0.15, 0.2) is 0 Å². The fourth-order valence-electron chi connectivity index (χ4n) is 3.90. The molecule has 6 nitrogen and oxygen atoms in total. The third-order valence-corrected chi connectivity index (χ3v) is 5.39. The lowest BCUT2D eigenvalue weighted by atomic mass is 10.1. The van der Waals surface area contributed by atoms with Crippen molar-refractivity contribution >= 4 is 11.8 Å². The van der Waals surface area contributed by atoms with Crippen LogP contribution >= 0.6 is 0 Å². The van der Waals surface area contributed by atoms with Gasteiger partial charge in [-0.05, 0) is 25.3 Å². The van der Waals surface area contributed by atoms with Crippen LogP contribution in [0.5, 0.6) is 5.88 Å². The number of unbranched alkanes of at least 4 members (excludes halogenated alkanes) is 2. The standard InChI is InChI=1S/C20H29N3O3/c1-3-4-5-10-18(24)21-12-14-11-16-17(22-19(14)26-2)13-23(20(16)25)15-8-6-7-9-15/h11,15H,3-10,12-13H2,1-2H3,(H,21,24). The Hall–Kier alpha value is -2.11. The van der Waals surface area contributed by atoms with Gasteiger partial charge in [-0.3, -0.25) is 9.59 Å². The van der Waals surface area contributed by atoms with Crippen LogP contribution < -0.4 is 10.1 Å². The SMILES string of the molecule is CCCCCC(=O)NCc1cc2c(nc1OC)CN(C1CCCC1)C2=O. The zero-order chi connectivity index (χ0) is 18.5. The molecule has 1 N–H and O–H groups in total. The third kappa shape index (κ3) is 4.00. The predicted molar refractivity (Wildman–Crippen MR) is 98.9 cm³/mol. The van der Waals surface area contributed by atoms with Crippen molar-refractivity contribution < 1.29 is 14.3 Å². The highest BCUT2D eigenvalue weighted by atomic mass is 16.5. The minimum Gasteiger partial charge on any atom is -0.481 e. The summed E-state index contributed by atoms with van der Waals surface area (Å²) >= 11 is 0. The summed E-state index contributed by atoms with van der Waals surface area (Å²) < 4.78 is 5.41. The number of hydrogen-bond acceptors (Lipinski definition) is 4. The maximum Gasteiger partial charge on any atom is 0.256 e. The maximum absolute atomic E-state index is 12.8. The fourth-order valence-corrected chi connectivity index (χ4v) is 3.90. The molecule has 0 unspecified atom stereocenters. The molecular formula is C20H29N3O3. The number of pyridine rings is 1. The second-order valence-corrected chi connectivity index (χ2v) is 7.26. The number of ether oxygens (including phenoxy) is 1. The van der Waals surface area contributed by atoms with E-state index in [0.29, 0.717) is 37.0 Å². The number of amides is 2. The lowest BCUT2D eigenvalue weighted by Crippen LogP contribution is -2.33. The van der Waals surface area contributed by atoms with Gasteiger partial charge in [0, 0.05) is 24.6 Å². The largest absolute Gasteiger partial charge is 0.481 e. The van der Waals surface area contributed by atoms with E-state index in [1.807, 2.05) is 11.0 Å². The monoisotopic (exact) mass is 359 g/mol. The molecule has 2 aliphatic rings. The molecule has 1 saturated carbocycles. The number of nitrogens with one attached hydrogen (secondary N) is 1. The van der Waals surface area contributed by atoms with E-state index < -0.39 is 0 Å². The first kappa shape index (κ1) is 18.7. The van der Waals surface area contributed by atoms with Crippen LogP contribution in [-0.4, -0.2) is 34.8 Å². The van der Waals surface area contributed by atoms with Gasteiger partial charge in [0.05, 0.1) is 24.9 Å². The minimum absolute atomic E-state index is 0.0277. The van der Waals surface area contributed by atoms with Gasteiger partial charge < -0.3 is 15.0 Å². The van der Waals surface area contributed by atoms with Crippen LogP contribution in [0.4, 0.5) is 0 Å². The number of aromatic nitrogens is 1. The molecule has 0 aromatic carbocycles. The van der Waals surface area contributed by atoms with Crippen LogP contribution in [0.2, 0.25) is 0 Å². The molecule has 1 aliphatic carbocycles. The topological polar surface area (TPSA) is 71.5 Å². The molecule has 1 aromatic heterocycles. The Bertz CT molecular complexity index is 669. The highest BCUT2D eigenvalue weighted by Crippen LogP contribution is 2.33. The van der Waals surface area contributed by atoms with Gasteiger partial charge >= 0.3 is 0 Å². The number of fused-ring (bicyclic) bond motifs is 1. The van der Waals surface area contributed by atoms with Crippen LogP contribution in [0, 0.1) is 0 Å². The molecule has 2 heterocycles. The van der Waals surface area contributed by atoms with Crippen molar-refractivity contribution in [2.45, 2.75) is 77.4 Å². The van der Waals surface area contributed by atoms with Crippen LogP contribution in [0.3, 0.4) is 0 Å². The number of carbonyl (C=O) groups is 2. The third-order valence-electron chi connectivity index (χ3n) is 5.39. The van der Waals surface area contributed by atoms with Crippen molar-refractivity contribution in [2.24, 2.45) is 0 Å². The Labute approximate surface area is 155 Å².